The van der Waals surface area contributed by atoms with Gasteiger partial charge in [-0.25, -0.2) is 0 Å². The molecule has 0 spiro atoms. The minimum Gasteiger partial charge on any atom is -0.490 e. The molecule has 3 aromatic carbocycles. The van der Waals surface area contributed by atoms with Crippen molar-refractivity contribution in [2.45, 2.75) is 276 Å². The highest BCUT2D eigenvalue weighted by molar-refractivity contribution is 6.39. The second-order valence-corrected chi connectivity index (χ2v) is 22.1. The van der Waals surface area contributed by atoms with E-state index >= 15 is 13.2 Å². The third-order valence-corrected chi connectivity index (χ3v) is 15.0. The Kier molecular flexibility index (Phi) is 31.2. The van der Waals surface area contributed by atoms with Gasteiger partial charge in [0.2, 0.25) is 0 Å². The Morgan fingerprint density at radius 1 is 0.345 bits per heavy atom. The van der Waals surface area contributed by atoms with E-state index in [1.807, 2.05) is 0 Å². The van der Waals surface area contributed by atoms with Crippen LogP contribution in [0.3, 0.4) is 0 Å². The van der Waals surface area contributed by atoms with Gasteiger partial charge in [-0.2, -0.15) is 79.0 Å². The first-order chi connectivity index (χ1) is 39.3. The minimum absolute atomic E-state index is 0.0256. The molecular weight excluding hydrogens is 1150 g/mol. The monoisotopic (exact) mass is 1230 g/mol. The number of hydrogen-bond acceptors (Lipinski definition) is 4. The molecule has 480 valence electrons. The second kappa shape index (κ2) is 35.5. The molecule has 0 heterocycles. The molecule has 84 heavy (non-hydrogen) atoms. The van der Waals surface area contributed by atoms with E-state index in [-0.39, 0.29) is 56.0 Å². The summed E-state index contributed by atoms with van der Waals surface area (Å²) in [5.74, 6) is -4.65. The van der Waals surface area contributed by atoms with Crippen LogP contribution in [0, 0.1) is 6.92 Å². The molecular formula is C61H84BF18NO3. The summed E-state index contributed by atoms with van der Waals surface area (Å²) in [7, 11) is -3.33. The summed E-state index contributed by atoms with van der Waals surface area (Å²) in [6.45, 7) is 4.74. The standard InChI is InChI=1S/C61H84BF18NO3/c1-4-6-8-10-12-14-16-18-20-22-24-26-28-30-32-34-36-48-50(59(72,73)74)41-46(58(69,70)71)42-51(48)83-62(82-47-39-44(56(63,64)65)38-45(40-47)57(66,67)68)84-55-49(52(60(75,76)77)43(3)53(54(55)81)61(78,79)80)37-35-33-31-29-27-25-23-21-19-17-15-13-11-9-7-5-2/h38-42H,4-37,81H2,1-3H3. The van der Waals surface area contributed by atoms with Crippen LogP contribution < -0.4 is 19.7 Å². The quantitative estimate of drug-likeness (QED) is 0.0267. The van der Waals surface area contributed by atoms with Gasteiger partial charge >= 0.3 is 44.4 Å². The number of nitrogen functional groups attached to an aromatic ring is 1. The fourth-order valence-electron chi connectivity index (χ4n) is 10.6. The lowest BCUT2D eigenvalue weighted by Crippen LogP contribution is -2.39. The first-order valence-corrected chi connectivity index (χ1v) is 30.0. The number of anilines is 1. The molecule has 0 radical (unpaired) electrons. The lowest BCUT2D eigenvalue weighted by molar-refractivity contribution is -0.145. The summed E-state index contributed by atoms with van der Waals surface area (Å²) in [5, 5.41) is 0. The number of rotatable bonds is 40. The molecule has 0 aliphatic heterocycles. The number of alkyl halides is 18. The highest BCUT2D eigenvalue weighted by Crippen LogP contribution is 2.51. The van der Waals surface area contributed by atoms with E-state index in [0.29, 0.717) is 32.6 Å². The highest BCUT2D eigenvalue weighted by atomic mass is 19.4. The molecule has 0 aliphatic rings. The number of hydrogen-bond donors (Lipinski definition) is 1. The van der Waals surface area contributed by atoms with Crippen LogP contribution in [0.15, 0.2) is 30.3 Å². The summed E-state index contributed by atoms with van der Waals surface area (Å²) >= 11 is 0. The van der Waals surface area contributed by atoms with E-state index in [0.717, 1.165) is 103 Å². The maximum absolute atomic E-state index is 15.2. The first-order valence-electron chi connectivity index (χ1n) is 30.0. The van der Waals surface area contributed by atoms with Crippen molar-refractivity contribution in [3.8, 4) is 17.2 Å². The zero-order chi connectivity index (χ0) is 62.8. The van der Waals surface area contributed by atoms with E-state index < -0.39 is 130 Å². The highest BCUT2D eigenvalue weighted by Gasteiger charge is 2.48. The van der Waals surface area contributed by atoms with E-state index in [1.165, 1.54) is 51.4 Å². The Morgan fingerprint density at radius 2 is 0.667 bits per heavy atom. The molecule has 2 N–H and O–H groups in total. The van der Waals surface area contributed by atoms with Gasteiger partial charge in [0.05, 0.1) is 39.1 Å². The molecule has 0 aromatic heterocycles. The van der Waals surface area contributed by atoms with Gasteiger partial charge in [0.1, 0.15) is 17.2 Å². The van der Waals surface area contributed by atoms with Crippen molar-refractivity contribution in [3.05, 3.63) is 80.4 Å². The van der Waals surface area contributed by atoms with Gasteiger partial charge in [-0.1, -0.05) is 206 Å². The van der Waals surface area contributed by atoms with Crippen molar-refractivity contribution < 1.29 is 93.0 Å². The maximum Gasteiger partial charge on any atom is 0.864 e. The van der Waals surface area contributed by atoms with Crippen LogP contribution in [0.4, 0.5) is 84.7 Å². The third kappa shape index (κ3) is 26.3. The van der Waals surface area contributed by atoms with Crippen LogP contribution >= 0.6 is 0 Å². The lowest BCUT2D eigenvalue weighted by Gasteiger charge is -2.28. The number of nitrogens with two attached hydrogens (primary N) is 1. The van der Waals surface area contributed by atoms with Crippen molar-refractivity contribution in [2.24, 2.45) is 0 Å². The topological polar surface area (TPSA) is 53.7 Å². The van der Waals surface area contributed by atoms with E-state index in [4.69, 9.17) is 19.7 Å². The van der Waals surface area contributed by atoms with Gasteiger partial charge in [-0.3, -0.25) is 0 Å². The fraction of sp³-hybridized carbons (Fsp3) is 0.705. The zero-order valence-electron chi connectivity index (χ0n) is 48.6. The van der Waals surface area contributed by atoms with Gasteiger partial charge in [0, 0.05) is 11.1 Å². The average molecular weight is 1230 g/mol. The predicted molar refractivity (Wildman–Crippen MR) is 293 cm³/mol. The molecule has 0 bridgehead atoms. The normalized spacial score (nSPS) is 12.8. The van der Waals surface area contributed by atoms with Gasteiger partial charge in [-0.05, 0) is 68.5 Å². The van der Waals surface area contributed by atoms with Crippen LogP contribution in [0.1, 0.15) is 269 Å². The minimum atomic E-state index is -5.73. The Morgan fingerprint density at radius 3 is 0.988 bits per heavy atom. The molecule has 23 heteroatoms. The summed E-state index contributed by atoms with van der Waals surface area (Å²) < 4.78 is 279. The largest absolute Gasteiger partial charge is 0.864 e. The molecule has 3 rings (SSSR count). The van der Waals surface area contributed by atoms with Crippen molar-refractivity contribution in [1.82, 2.24) is 0 Å². The summed E-state index contributed by atoms with van der Waals surface area (Å²) in [6, 6.07) is -0.938. The number of unbranched alkanes of at least 4 members (excludes halogenated alkanes) is 30. The van der Waals surface area contributed by atoms with Crippen molar-refractivity contribution in [2.75, 3.05) is 5.73 Å². The first kappa shape index (κ1) is 73.9. The van der Waals surface area contributed by atoms with Gasteiger partial charge < -0.3 is 19.7 Å². The Bertz CT molecular complexity index is 2330. The predicted octanol–water partition coefficient (Wildman–Crippen LogP) is 23.8. The third-order valence-electron chi connectivity index (χ3n) is 15.0. The summed E-state index contributed by atoms with van der Waals surface area (Å²) in [4.78, 5) is 0. The van der Waals surface area contributed by atoms with E-state index in [2.05, 4.69) is 13.8 Å². The molecule has 0 atom stereocenters. The van der Waals surface area contributed by atoms with Crippen LogP contribution in [0.5, 0.6) is 17.2 Å². The molecule has 3 aromatic rings. The molecule has 0 saturated carbocycles. The van der Waals surface area contributed by atoms with Crippen LogP contribution in [-0.2, 0) is 49.9 Å². The van der Waals surface area contributed by atoms with Crippen molar-refractivity contribution in [1.29, 1.82) is 0 Å². The number of benzene rings is 3. The number of halogens is 18. The molecule has 0 saturated heterocycles. The van der Waals surface area contributed by atoms with Crippen molar-refractivity contribution >= 4 is 13.0 Å². The van der Waals surface area contributed by atoms with Gasteiger partial charge in [0.25, 0.3) is 0 Å². The second-order valence-electron chi connectivity index (χ2n) is 22.1. The SMILES string of the molecule is CCCCCCCCCCCCCCCCCCc1c(OB(Oc2cc(C(F)(F)F)cc(C(F)(F)F)c2)Oc2c(N)c(C(F)(F)F)c(C)c(C(F)(F)F)c2CCCCCCCCCCCCCCCCCC)cc(C(F)(F)F)cc1C(F)(F)F. The van der Waals surface area contributed by atoms with Crippen molar-refractivity contribution in [3.63, 3.8) is 0 Å². The van der Waals surface area contributed by atoms with Gasteiger partial charge in [0.15, 0.2) is 0 Å². The van der Waals surface area contributed by atoms with Crippen LogP contribution in [-0.4, -0.2) is 7.32 Å². The van der Waals surface area contributed by atoms with Gasteiger partial charge in [-0.15, -0.1) is 0 Å². The summed E-state index contributed by atoms with van der Waals surface area (Å²) in [6.07, 6.45) is -7.54. The Balaban J connectivity index is 2.07. The Labute approximate surface area is 484 Å². The summed E-state index contributed by atoms with van der Waals surface area (Å²) in [5.41, 5.74) is -11.7. The maximum atomic E-state index is 15.2. The fourth-order valence-corrected chi connectivity index (χ4v) is 10.6. The lowest BCUT2D eigenvalue weighted by atomic mass is 9.89. The molecule has 0 fully saturated rings. The zero-order valence-corrected chi connectivity index (χ0v) is 48.6. The van der Waals surface area contributed by atoms with Crippen LogP contribution in [0.2, 0.25) is 0 Å². The molecule has 0 aliphatic carbocycles. The Hall–Kier alpha value is -4.34. The van der Waals surface area contributed by atoms with Crippen LogP contribution in [0.25, 0.3) is 0 Å². The average Bonchev–Trinajstić information content (AvgIpc) is 0.874. The molecule has 4 nitrogen and oxygen atoms in total. The van der Waals surface area contributed by atoms with E-state index in [1.54, 1.807) is 0 Å². The smallest absolute Gasteiger partial charge is 0.490 e. The van der Waals surface area contributed by atoms with E-state index in [9.17, 15) is 65.9 Å². The molecule has 0 amide bonds. The molecule has 0 unspecified atom stereocenters.